The Morgan fingerprint density at radius 3 is 2.67 bits per heavy atom. The number of nitrogens with zero attached hydrogens (tertiary/aromatic N) is 1. The number of thioether (sulfide) groups is 1. The lowest BCUT2D eigenvalue weighted by Gasteiger charge is -2.26. The zero-order chi connectivity index (χ0) is 14.9. The van der Waals surface area contributed by atoms with Gasteiger partial charge in [0.2, 0.25) is 5.91 Å². The predicted molar refractivity (Wildman–Crippen MR) is 86.8 cm³/mol. The Kier molecular flexibility index (Phi) is 7.36. The number of amidine groups is 1. The zero-order valence-corrected chi connectivity index (χ0v) is 13.6. The lowest BCUT2D eigenvalue weighted by molar-refractivity contribution is -0.135. The Labute approximate surface area is 131 Å². The fourth-order valence-corrected chi connectivity index (χ4v) is 3.59. The van der Waals surface area contributed by atoms with Crippen LogP contribution in [0.3, 0.4) is 0 Å². The Balaban J connectivity index is 1.52. The van der Waals surface area contributed by atoms with Crippen molar-refractivity contribution in [1.29, 1.82) is 5.41 Å². The van der Waals surface area contributed by atoms with Crippen molar-refractivity contribution in [3.63, 3.8) is 0 Å². The molecule has 1 amide bonds. The van der Waals surface area contributed by atoms with Crippen LogP contribution in [0.4, 0.5) is 0 Å². The molecule has 5 nitrogen and oxygen atoms in total. The predicted octanol–water partition coefficient (Wildman–Crippen LogP) is 2.22. The summed E-state index contributed by atoms with van der Waals surface area (Å²) in [4.78, 5) is 13.8. The topological polar surface area (TPSA) is 65.4 Å². The number of hydrogen-bond donors (Lipinski definition) is 2. The van der Waals surface area contributed by atoms with Crippen LogP contribution in [0.15, 0.2) is 0 Å². The van der Waals surface area contributed by atoms with E-state index in [0.717, 1.165) is 25.3 Å². The van der Waals surface area contributed by atoms with E-state index in [1.165, 1.54) is 43.9 Å². The molecule has 2 N–H and O–H groups in total. The van der Waals surface area contributed by atoms with Crippen molar-refractivity contribution in [1.82, 2.24) is 10.2 Å². The number of nitrogens with one attached hydrogen (secondary N) is 2. The summed E-state index contributed by atoms with van der Waals surface area (Å²) >= 11 is 1.54. The van der Waals surface area contributed by atoms with Gasteiger partial charge in [0.05, 0.1) is 13.2 Å². The molecule has 6 heteroatoms. The molecule has 0 aromatic carbocycles. The average molecular weight is 313 g/mol. The minimum Gasteiger partial charge on any atom is -0.378 e. The van der Waals surface area contributed by atoms with Crippen LogP contribution in [-0.2, 0) is 9.53 Å². The van der Waals surface area contributed by atoms with Gasteiger partial charge in [0, 0.05) is 31.3 Å². The van der Waals surface area contributed by atoms with Crippen LogP contribution in [0.2, 0.25) is 0 Å². The van der Waals surface area contributed by atoms with Crippen LogP contribution in [0.25, 0.3) is 0 Å². The fourth-order valence-electron chi connectivity index (χ4n) is 2.84. The molecule has 120 valence electrons. The summed E-state index contributed by atoms with van der Waals surface area (Å²) < 4.78 is 5.24. The molecule has 2 fully saturated rings. The Morgan fingerprint density at radius 2 is 1.95 bits per heavy atom. The Hall–Kier alpha value is -0.750. The molecule has 2 aliphatic rings. The molecule has 21 heavy (non-hydrogen) atoms. The molecular weight excluding hydrogens is 286 g/mol. The van der Waals surface area contributed by atoms with E-state index in [4.69, 9.17) is 10.1 Å². The second-order valence-electron chi connectivity index (χ2n) is 5.75. The second-order valence-corrected chi connectivity index (χ2v) is 6.86. The molecule has 1 aliphatic carbocycles. The van der Waals surface area contributed by atoms with Gasteiger partial charge in [-0.05, 0) is 19.3 Å². The first-order valence-corrected chi connectivity index (χ1v) is 9.07. The fraction of sp³-hybridized carbons (Fsp3) is 0.867. The maximum atomic E-state index is 12.0. The molecule has 0 spiro atoms. The molecule has 0 bridgehead atoms. The van der Waals surface area contributed by atoms with Gasteiger partial charge in [0.1, 0.15) is 0 Å². The van der Waals surface area contributed by atoms with Gasteiger partial charge in [0.15, 0.2) is 5.17 Å². The number of carbonyl (C=O) groups is 1. The van der Waals surface area contributed by atoms with Crippen molar-refractivity contribution in [2.75, 3.05) is 32.1 Å². The van der Waals surface area contributed by atoms with E-state index in [2.05, 4.69) is 5.32 Å². The highest BCUT2D eigenvalue weighted by Gasteiger charge is 2.17. The zero-order valence-electron chi connectivity index (χ0n) is 12.7. The summed E-state index contributed by atoms with van der Waals surface area (Å²) in [6.45, 7) is 2.78. The van der Waals surface area contributed by atoms with Crippen molar-refractivity contribution in [3.8, 4) is 0 Å². The maximum Gasteiger partial charge on any atom is 0.222 e. The number of carbonyl (C=O) groups excluding carboxylic acids is 1. The molecule has 0 atom stereocenters. The summed E-state index contributed by atoms with van der Waals surface area (Å²) in [5.41, 5.74) is 0. The van der Waals surface area contributed by atoms with Crippen molar-refractivity contribution < 1.29 is 9.53 Å². The van der Waals surface area contributed by atoms with Crippen LogP contribution in [0.5, 0.6) is 0 Å². The third-order valence-corrected chi connectivity index (χ3v) is 4.98. The summed E-state index contributed by atoms with van der Waals surface area (Å²) in [5, 5.41) is 11.8. The highest BCUT2D eigenvalue weighted by Crippen LogP contribution is 2.18. The van der Waals surface area contributed by atoms with E-state index in [1.54, 1.807) is 0 Å². The minimum atomic E-state index is 0.227. The quantitative estimate of drug-likeness (QED) is 0.464. The molecule has 1 saturated heterocycles. The monoisotopic (exact) mass is 313 g/mol. The van der Waals surface area contributed by atoms with Crippen molar-refractivity contribution in [2.45, 2.75) is 51.0 Å². The minimum absolute atomic E-state index is 0.227. The third-order valence-electron chi connectivity index (χ3n) is 4.09. The van der Waals surface area contributed by atoms with E-state index < -0.39 is 0 Å². The Morgan fingerprint density at radius 1 is 1.24 bits per heavy atom. The molecule has 2 rings (SSSR count). The Bertz CT molecular complexity index is 340. The van der Waals surface area contributed by atoms with Gasteiger partial charge in [-0.2, -0.15) is 0 Å². The summed E-state index contributed by atoms with van der Waals surface area (Å²) in [6.07, 6.45) is 7.71. The van der Waals surface area contributed by atoms with Crippen molar-refractivity contribution >= 4 is 22.8 Å². The number of rotatable bonds is 5. The molecular formula is C15H27N3O2S. The number of amides is 1. The maximum absolute atomic E-state index is 12.0. The third kappa shape index (κ3) is 6.26. The van der Waals surface area contributed by atoms with Gasteiger partial charge < -0.3 is 15.0 Å². The highest BCUT2D eigenvalue weighted by atomic mass is 32.2. The largest absolute Gasteiger partial charge is 0.378 e. The SMILES string of the molecule is N=C(NC1CCCCC1)SCCCC(=O)N1CCOCC1. The first-order valence-electron chi connectivity index (χ1n) is 8.09. The van der Waals surface area contributed by atoms with E-state index in [-0.39, 0.29) is 5.91 Å². The van der Waals surface area contributed by atoms with Gasteiger partial charge in [0.25, 0.3) is 0 Å². The number of morpholine rings is 1. The molecule has 0 aromatic heterocycles. The van der Waals surface area contributed by atoms with E-state index >= 15 is 0 Å². The van der Waals surface area contributed by atoms with Gasteiger partial charge in [-0.25, -0.2) is 0 Å². The summed E-state index contributed by atoms with van der Waals surface area (Å²) in [7, 11) is 0. The van der Waals surface area contributed by atoms with E-state index in [9.17, 15) is 4.79 Å². The van der Waals surface area contributed by atoms with Crippen LogP contribution < -0.4 is 5.32 Å². The normalized spacial score (nSPS) is 20.3. The van der Waals surface area contributed by atoms with Crippen molar-refractivity contribution in [2.24, 2.45) is 0 Å². The lowest BCUT2D eigenvalue weighted by Crippen LogP contribution is -2.40. The standard InChI is InChI=1S/C15H27N3O2S/c16-15(17-13-5-2-1-3-6-13)21-12-4-7-14(19)18-8-10-20-11-9-18/h13H,1-12H2,(H2,16,17). The molecule has 0 unspecified atom stereocenters. The smallest absolute Gasteiger partial charge is 0.222 e. The van der Waals surface area contributed by atoms with Crippen LogP contribution >= 0.6 is 11.8 Å². The average Bonchev–Trinajstić information content (AvgIpc) is 2.53. The van der Waals surface area contributed by atoms with Gasteiger partial charge >= 0.3 is 0 Å². The molecule has 1 heterocycles. The van der Waals surface area contributed by atoms with Gasteiger partial charge in [-0.15, -0.1) is 0 Å². The first kappa shape index (κ1) is 16.6. The van der Waals surface area contributed by atoms with Gasteiger partial charge in [-0.3, -0.25) is 10.2 Å². The summed E-state index contributed by atoms with van der Waals surface area (Å²) in [6, 6.07) is 0.494. The molecule has 0 radical (unpaired) electrons. The van der Waals surface area contributed by atoms with Crippen molar-refractivity contribution in [3.05, 3.63) is 0 Å². The lowest BCUT2D eigenvalue weighted by atomic mass is 9.96. The molecule has 1 saturated carbocycles. The van der Waals surface area contributed by atoms with Crippen LogP contribution in [-0.4, -0.2) is 54.1 Å². The van der Waals surface area contributed by atoms with E-state index in [0.29, 0.717) is 30.8 Å². The highest BCUT2D eigenvalue weighted by molar-refractivity contribution is 8.13. The first-order chi connectivity index (χ1) is 10.3. The summed E-state index contributed by atoms with van der Waals surface area (Å²) in [5.74, 6) is 1.07. The van der Waals surface area contributed by atoms with Crippen LogP contribution in [0, 0.1) is 5.41 Å². The molecule has 0 aromatic rings. The second kappa shape index (κ2) is 9.30. The molecule has 1 aliphatic heterocycles. The van der Waals surface area contributed by atoms with Crippen LogP contribution in [0.1, 0.15) is 44.9 Å². The number of hydrogen-bond acceptors (Lipinski definition) is 4. The number of ether oxygens (including phenoxy) is 1. The van der Waals surface area contributed by atoms with Gasteiger partial charge in [-0.1, -0.05) is 31.0 Å². The van der Waals surface area contributed by atoms with E-state index in [1.807, 2.05) is 4.90 Å².